The summed E-state index contributed by atoms with van der Waals surface area (Å²) in [6.45, 7) is 3.03. The van der Waals surface area contributed by atoms with Crippen LogP contribution in [0.3, 0.4) is 0 Å². The van der Waals surface area contributed by atoms with Crippen LogP contribution < -0.4 is 5.73 Å². The minimum Gasteiger partial charge on any atom is -0.430 e. The lowest BCUT2D eigenvalue weighted by atomic mass is 9.97. The number of nitrogens with two attached hydrogens (primary N) is 1. The van der Waals surface area contributed by atoms with E-state index in [1.807, 2.05) is 0 Å². The van der Waals surface area contributed by atoms with Crippen LogP contribution in [-0.4, -0.2) is 12.0 Å². The molecule has 1 atom stereocenters. The summed E-state index contributed by atoms with van der Waals surface area (Å²) in [6, 6.07) is 5.13. The van der Waals surface area contributed by atoms with E-state index in [9.17, 15) is 0 Å². The highest BCUT2D eigenvalue weighted by atomic mass is 16.8. The molecule has 0 bridgehead atoms. The topological polar surface area (TPSA) is 128 Å². The summed E-state index contributed by atoms with van der Waals surface area (Å²) in [4.78, 5) is 5.05. The lowest BCUT2D eigenvalue weighted by Crippen LogP contribution is -2.30. The van der Waals surface area contributed by atoms with Crippen LogP contribution in [0.2, 0.25) is 0 Å². The van der Waals surface area contributed by atoms with Crippen molar-refractivity contribution in [3.63, 3.8) is 0 Å². The maximum atomic E-state index is 8.99. The Kier molecular flexibility index (Phi) is 3.56. The van der Waals surface area contributed by atoms with E-state index in [0.717, 1.165) is 0 Å². The number of oxime groups is 1. The van der Waals surface area contributed by atoms with Gasteiger partial charge in [0.2, 0.25) is 5.88 Å². The number of hydrogen-bond donors (Lipinski definition) is 1. The third kappa shape index (κ3) is 1.95. The normalized spacial score (nSPS) is 22.1. The Hall–Kier alpha value is -2.98. The first-order valence-electron chi connectivity index (χ1n) is 4.84. The van der Waals surface area contributed by atoms with E-state index >= 15 is 0 Å². The predicted molar refractivity (Wildman–Crippen MR) is 59.8 cm³/mol. The number of nitriles is 3. The van der Waals surface area contributed by atoms with Crippen molar-refractivity contribution < 1.29 is 9.57 Å². The van der Waals surface area contributed by atoms with Gasteiger partial charge in [-0.25, -0.2) is 0 Å². The molecule has 1 aliphatic rings. The number of allylic oxidation sites excluding steroid dienone is 1. The molecule has 1 heterocycles. The van der Waals surface area contributed by atoms with Gasteiger partial charge in [-0.1, -0.05) is 5.16 Å². The molecular formula is C11H9N5O2. The number of hydrogen-bond acceptors (Lipinski definition) is 7. The van der Waals surface area contributed by atoms with E-state index in [4.69, 9.17) is 31.1 Å². The Bertz CT molecular complexity index is 566. The highest BCUT2D eigenvalue weighted by Gasteiger charge is 2.47. The molecule has 0 radical (unpaired) electrons. The van der Waals surface area contributed by atoms with Gasteiger partial charge in [0.25, 0.3) is 0 Å². The molecule has 0 unspecified atom stereocenters. The van der Waals surface area contributed by atoms with Gasteiger partial charge >= 0.3 is 5.79 Å². The zero-order valence-corrected chi connectivity index (χ0v) is 9.76. The highest BCUT2D eigenvalue weighted by molar-refractivity contribution is 5.60. The van der Waals surface area contributed by atoms with Gasteiger partial charge in [0.1, 0.15) is 29.4 Å². The molecule has 90 valence electrons. The van der Waals surface area contributed by atoms with E-state index in [2.05, 4.69) is 5.16 Å². The zero-order chi connectivity index (χ0) is 13.8. The summed E-state index contributed by atoms with van der Waals surface area (Å²) >= 11 is 0. The van der Waals surface area contributed by atoms with Crippen LogP contribution >= 0.6 is 0 Å². The van der Waals surface area contributed by atoms with Gasteiger partial charge in [0, 0.05) is 13.1 Å². The first-order chi connectivity index (χ1) is 8.53. The van der Waals surface area contributed by atoms with Crippen LogP contribution in [0, 0.1) is 34.0 Å². The summed E-state index contributed by atoms with van der Waals surface area (Å²) in [5, 5.41) is 30.3. The van der Waals surface area contributed by atoms with Gasteiger partial charge in [0.05, 0.1) is 5.57 Å². The number of nitrogens with zero attached hydrogens (tertiary/aromatic N) is 4. The van der Waals surface area contributed by atoms with Crippen LogP contribution in [0.5, 0.6) is 0 Å². The van der Waals surface area contributed by atoms with Crippen LogP contribution in [0.4, 0.5) is 0 Å². The van der Waals surface area contributed by atoms with Crippen molar-refractivity contribution in [1.29, 1.82) is 15.8 Å². The fourth-order valence-corrected chi connectivity index (χ4v) is 1.48. The predicted octanol–water partition coefficient (Wildman–Crippen LogP) is 0.793. The molecule has 0 aliphatic carbocycles. The average molecular weight is 243 g/mol. The Morgan fingerprint density at radius 2 is 2.06 bits per heavy atom. The average Bonchev–Trinajstić information content (AvgIpc) is 2.61. The fourth-order valence-electron chi connectivity index (χ4n) is 1.48. The molecule has 0 aromatic heterocycles. The molecular weight excluding hydrogens is 234 g/mol. The largest absolute Gasteiger partial charge is 0.430 e. The SMILES string of the molecule is C/C=N\O[C@]1(C)OC(N)=C(C#N)C1=C(C#N)C#N. The Morgan fingerprint density at radius 3 is 2.50 bits per heavy atom. The summed E-state index contributed by atoms with van der Waals surface area (Å²) in [5.41, 5.74) is 5.11. The molecule has 0 fully saturated rings. The molecule has 0 amide bonds. The minimum absolute atomic E-state index is 0.0156. The van der Waals surface area contributed by atoms with Crippen LogP contribution in [0.15, 0.2) is 27.8 Å². The van der Waals surface area contributed by atoms with Crippen LogP contribution in [0.25, 0.3) is 0 Å². The first kappa shape index (κ1) is 13.1. The molecule has 1 aliphatic heterocycles. The van der Waals surface area contributed by atoms with Crippen molar-refractivity contribution in [2.45, 2.75) is 19.6 Å². The van der Waals surface area contributed by atoms with Crippen LogP contribution in [-0.2, 0) is 9.57 Å². The second-order valence-electron chi connectivity index (χ2n) is 3.33. The van der Waals surface area contributed by atoms with Gasteiger partial charge in [-0.2, -0.15) is 15.8 Å². The lowest BCUT2D eigenvalue weighted by molar-refractivity contribution is -0.164. The van der Waals surface area contributed by atoms with Crippen molar-refractivity contribution in [1.82, 2.24) is 0 Å². The number of rotatable bonds is 2. The van der Waals surface area contributed by atoms with Gasteiger partial charge in [-0.05, 0) is 6.92 Å². The van der Waals surface area contributed by atoms with Crippen molar-refractivity contribution >= 4 is 6.21 Å². The van der Waals surface area contributed by atoms with Gasteiger partial charge in [-0.3, -0.25) is 0 Å². The van der Waals surface area contributed by atoms with Crippen molar-refractivity contribution in [2.24, 2.45) is 10.9 Å². The maximum absolute atomic E-state index is 8.99. The molecule has 0 aromatic carbocycles. The number of ether oxygens (including phenoxy) is 1. The van der Waals surface area contributed by atoms with Crippen molar-refractivity contribution in [2.75, 3.05) is 0 Å². The molecule has 0 saturated carbocycles. The molecule has 7 heteroatoms. The minimum atomic E-state index is -1.55. The molecule has 7 nitrogen and oxygen atoms in total. The van der Waals surface area contributed by atoms with E-state index in [1.165, 1.54) is 13.1 Å². The standard InChI is InChI=1S/C11H9N5O2/c1-3-16-18-11(2)9(7(4-12)5-13)8(6-14)10(15)17-11/h3H,15H2,1-2H3/b16-3-/t11-/m0/s1. The zero-order valence-electron chi connectivity index (χ0n) is 9.76. The summed E-state index contributed by atoms with van der Waals surface area (Å²) in [7, 11) is 0. The second kappa shape index (κ2) is 4.90. The molecule has 18 heavy (non-hydrogen) atoms. The summed E-state index contributed by atoms with van der Waals surface area (Å²) in [5.74, 6) is -1.76. The summed E-state index contributed by atoms with van der Waals surface area (Å²) in [6.07, 6.45) is 1.35. The van der Waals surface area contributed by atoms with Gasteiger partial charge in [0.15, 0.2) is 0 Å². The lowest BCUT2D eigenvalue weighted by Gasteiger charge is -2.22. The molecule has 2 N–H and O–H groups in total. The van der Waals surface area contributed by atoms with Crippen LogP contribution in [0.1, 0.15) is 13.8 Å². The Labute approximate surface area is 104 Å². The van der Waals surface area contributed by atoms with E-state index in [1.54, 1.807) is 25.1 Å². The maximum Gasteiger partial charge on any atom is 0.304 e. The smallest absolute Gasteiger partial charge is 0.304 e. The van der Waals surface area contributed by atoms with E-state index in [0.29, 0.717) is 0 Å². The Balaban J connectivity index is 3.47. The third-order valence-corrected chi connectivity index (χ3v) is 2.17. The van der Waals surface area contributed by atoms with Gasteiger partial charge < -0.3 is 15.3 Å². The molecule has 1 rings (SSSR count). The Morgan fingerprint density at radius 1 is 1.44 bits per heavy atom. The molecule has 0 spiro atoms. The second-order valence-corrected chi connectivity index (χ2v) is 3.33. The van der Waals surface area contributed by atoms with Gasteiger partial charge in [-0.15, -0.1) is 0 Å². The third-order valence-electron chi connectivity index (χ3n) is 2.17. The summed E-state index contributed by atoms with van der Waals surface area (Å²) < 4.78 is 5.19. The van der Waals surface area contributed by atoms with E-state index in [-0.39, 0.29) is 22.6 Å². The quantitative estimate of drug-likeness (QED) is 0.433. The molecule has 0 saturated heterocycles. The van der Waals surface area contributed by atoms with E-state index < -0.39 is 5.79 Å². The monoisotopic (exact) mass is 243 g/mol. The van der Waals surface area contributed by atoms with Crippen molar-refractivity contribution in [3.05, 3.63) is 22.6 Å². The highest BCUT2D eigenvalue weighted by Crippen LogP contribution is 2.39. The molecule has 0 aromatic rings. The first-order valence-corrected chi connectivity index (χ1v) is 4.84. The van der Waals surface area contributed by atoms with Crippen molar-refractivity contribution in [3.8, 4) is 18.2 Å². The fraction of sp³-hybridized carbons (Fsp3) is 0.273.